The third-order valence-corrected chi connectivity index (χ3v) is 4.20. The molecule has 0 aliphatic rings. The van der Waals surface area contributed by atoms with E-state index in [1.54, 1.807) is 0 Å². The van der Waals surface area contributed by atoms with E-state index in [2.05, 4.69) is 6.92 Å². The molecular formula is C15H25NO4S. The maximum atomic E-state index is 11.0. The quantitative estimate of drug-likeness (QED) is 0.391. The van der Waals surface area contributed by atoms with E-state index in [9.17, 15) is 8.42 Å². The van der Waals surface area contributed by atoms with Crippen LogP contribution in [0.15, 0.2) is 23.1 Å². The molecule has 0 heterocycles. The molecule has 1 aromatic rings. The van der Waals surface area contributed by atoms with Crippen LogP contribution in [-0.4, -0.2) is 19.6 Å². The van der Waals surface area contributed by atoms with Gasteiger partial charge in [0.15, 0.2) is 0 Å². The van der Waals surface area contributed by atoms with Gasteiger partial charge >= 0.3 is 0 Å². The van der Waals surface area contributed by atoms with Gasteiger partial charge in [-0.3, -0.25) is 4.55 Å². The lowest BCUT2D eigenvalue weighted by Crippen LogP contribution is -2.04. The van der Waals surface area contributed by atoms with Crippen LogP contribution in [0.25, 0.3) is 0 Å². The molecule has 3 N–H and O–H groups in total. The van der Waals surface area contributed by atoms with E-state index in [1.165, 1.54) is 50.3 Å². The summed E-state index contributed by atoms with van der Waals surface area (Å²) in [7, 11) is -4.27. The molecule has 0 bridgehead atoms. The fourth-order valence-corrected chi connectivity index (χ4v) is 2.70. The number of hydrogen-bond donors (Lipinski definition) is 2. The lowest BCUT2D eigenvalue weighted by molar-refractivity contribution is 0.304. The topological polar surface area (TPSA) is 89.6 Å². The fraction of sp³-hybridized carbons (Fsp3) is 0.600. The molecule has 0 atom stereocenters. The Morgan fingerprint density at radius 3 is 2.29 bits per heavy atom. The standard InChI is InChI=1S/C15H25NO4S/c1-2-3-4-5-6-7-8-11-20-13-9-10-15(14(16)12-13)21(17,18)19/h9-10,12H,2-8,11,16H2,1H3,(H,17,18,19). The number of rotatable bonds is 10. The highest BCUT2D eigenvalue weighted by Crippen LogP contribution is 2.23. The molecule has 1 rings (SSSR count). The van der Waals surface area contributed by atoms with E-state index < -0.39 is 10.1 Å². The van der Waals surface area contributed by atoms with E-state index in [-0.39, 0.29) is 10.6 Å². The van der Waals surface area contributed by atoms with Crippen LogP contribution >= 0.6 is 0 Å². The molecule has 0 fully saturated rings. The molecule has 0 aliphatic carbocycles. The smallest absolute Gasteiger partial charge is 0.296 e. The molecule has 0 aromatic heterocycles. The minimum Gasteiger partial charge on any atom is -0.494 e. The monoisotopic (exact) mass is 315 g/mol. The molecule has 0 radical (unpaired) electrons. The first kappa shape index (κ1) is 17.8. The Morgan fingerprint density at radius 1 is 1.10 bits per heavy atom. The maximum Gasteiger partial charge on any atom is 0.296 e. The van der Waals surface area contributed by atoms with Gasteiger partial charge in [0.1, 0.15) is 10.6 Å². The minimum atomic E-state index is -4.27. The molecule has 21 heavy (non-hydrogen) atoms. The molecule has 0 amide bonds. The molecule has 0 spiro atoms. The van der Waals surface area contributed by atoms with Crippen molar-refractivity contribution in [3.63, 3.8) is 0 Å². The van der Waals surface area contributed by atoms with Gasteiger partial charge in [-0.05, 0) is 18.6 Å². The molecule has 1 aromatic carbocycles. The van der Waals surface area contributed by atoms with Gasteiger partial charge in [-0.15, -0.1) is 0 Å². The van der Waals surface area contributed by atoms with E-state index in [4.69, 9.17) is 15.0 Å². The highest BCUT2D eigenvalue weighted by Gasteiger charge is 2.14. The van der Waals surface area contributed by atoms with Gasteiger partial charge in [0.05, 0.1) is 12.3 Å². The Hall–Kier alpha value is -1.27. The second-order valence-electron chi connectivity index (χ2n) is 5.14. The van der Waals surface area contributed by atoms with Crippen molar-refractivity contribution >= 4 is 15.8 Å². The zero-order chi connectivity index (χ0) is 15.7. The van der Waals surface area contributed by atoms with Crippen LogP contribution < -0.4 is 10.5 Å². The first-order valence-corrected chi connectivity index (χ1v) is 8.89. The van der Waals surface area contributed by atoms with Gasteiger partial charge < -0.3 is 10.5 Å². The average Bonchev–Trinajstić information content (AvgIpc) is 2.40. The van der Waals surface area contributed by atoms with E-state index in [0.717, 1.165) is 12.8 Å². The molecule has 0 aliphatic heterocycles. The summed E-state index contributed by atoms with van der Waals surface area (Å²) in [5, 5.41) is 0. The van der Waals surface area contributed by atoms with Crippen molar-refractivity contribution in [3.8, 4) is 5.75 Å². The highest BCUT2D eigenvalue weighted by molar-refractivity contribution is 7.86. The maximum absolute atomic E-state index is 11.0. The Kier molecular flexibility index (Phi) is 7.53. The SMILES string of the molecule is CCCCCCCCCOc1ccc(S(=O)(=O)O)c(N)c1. The van der Waals surface area contributed by atoms with Crippen LogP contribution in [0, 0.1) is 0 Å². The van der Waals surface area contributed by atoms with Crippen molar-refractivity contribution in [2.45, 2.75) is 56.8 Å². The fourth-order valence-electron chi connectivity index (χ4n) is 2.10. The van der Waals surface area contributed by atoms with Crippen molar-refractivity contribution in [1.29, 1.82) is 0 Å². The van der Waals surface area contributed by atoms with Gasteiger partial charge in [0.2, 0.25) is 0 Å². The summed E-state index contributed by atoms with van der Waals surface area (Å²) in [4.78, 5) is -0.286. The summed E-state index contributed by atoms with van der Waals surface area (Å²) in [5.74, 6) is 0.519. The van der Waals surface area contributed by atoms with Gasteiger partial charge in [-0.1, -0.05) is 45.4 Å². The second-order valence-corrected chi connectivity index (χ2v) is 6.53. The number of anilines is 1. The van der Waals surface area contributed by atoms with Crippen molar-refractivity contribution in [2.24, 2.45) is 0 Å². The minimum absolute atomic E-state index is 0.00503. The van der Waals surface area contributed by atoms with Crippen molar-refractivity contribution in [3.05, 3.63) is 18.2 Å². The third-order valence-electron chi connectivity index (χ3n) is 3.28. The highest BCUT2D eigenvalue weighted by atomic mass is 32.2. The Labute approximate surface area is 127 Å². The van der Waals surface area contributed by atoms with Gasteiger partial charge in [-0.25, -0.2) is 0 Å². The molecular weight excluding hydrogens is 290 g/mol. The first-order valence-electron chi connectivity index (χ1n) is 7.45. The number of nitrogen functional groups attached to an aromatic ring is 1. The summed E-state index contributed by atoms with van der Waals surface area (Å²) < 4.78 is 36.5. The van der Waals surface area contributed by atoms with Crippen molar-refractivity contribution in [1.82, 2.24) is 0 Å². The number of ether oxygens (including phenoxy) is 1. The molecule has 0 saturated carbocycles. The Balaban J connectivity index is 2.29. The summed E-state index contributed by atoms with van der Waals surface area (Å²) in [6.45, 7) is 2.78. The van der Waals surface area contributed by atoms with Crippen LogP contribution in [-0.2, 0) is 10.1 Å². The molecule has 0 unspecified atom stereocenters. The van der Waals surface area contributed by atoms with Crippen LogP contribution in [0.1, 0.15) is 51.9 Å². The van der Waals surface area contributed by atoms with Crippen LogP contribution in [0.4, 0.5) is 5.69 Å². The lowest BCUT2D eigenvalue weighted by Gasteiger charge is -2.08. The molecule has 120 valence electrons. The van der Waals surface area contributed by atoms with E-state index in [0.29, 0.717) is 12.4 Å². The number of benzene rings is 1. The molecule has 5 nitrogen and oxygen atoms in total. The predicted octanol–water partition coefficient (Wildman–Crippen LogP) is 3.64. The van der Waals surface area contributed by atoms with E-state index in [1.807, 2.05) is 0 Å². The summed E-state index contributed by atoms with van der Waals surface area (Å²) in [5.41, 5.74) is 5.58. The largest absolute Gasteiger partial charge is 0.494 e. The van der Waals surface area contributed by atoms with Gasteiger partial charge in [0.25, 0.3) is 10.1 Å². The first-order chi connectivity index (χ1) is 9.95. The normalized spacial score (nSPS) is 11.5. The summed E-state index contributed by atoms with van der Waals surface area (Å²) in [6.07, 6.45) is 8.43. The van der Waals surface area contributed by atoms with Crippen LogP contribution in [0.5, 0.6) is 5.75 Å². The Morgan fingerprint density at radius 2 is 1.71 bits per heavy atom. The number of hydrogen-bond acceptors (Lipinski definition) is 4. The van der Waals surface area contributed by atoms with Crippen LogP contribution in [0.2, 0.25) is 0 Å². The number of nitrogens with two attached hydrogens (primary N) is 1. The average molecular weight is 315 g/mol. The number of unbranched alkanes of at least 4 members (excludes halogenated alkanes) is 6. The van der Waals surface area contributed by atoms with Crippen molar-refractivity contribution in [2.75, 3.05) is 12.3 Å². The summed E-state index contributed by atoms with van der Waals surface area (Å²) in [6, 6.07) is 4.18. The lowest BCUT2D eigenvalue weighted by atomic mass is 10.1. The predicted molar refractivity (Wildman–Crippen MR) is 84.2 cm³/mol. The third kappa shape index (κ3) is 6.82. The molecule has 6 heteroatoms. The summed E-state index contributed by atoms with van der Waals surface area (Å²) >= 11 is 0. The van der Waals surface area contributed by atoms with Gasteiger partial charge in [0, 0.05) is 6.07 Å². The Bertz CT molecular complexity index is 528. The van der Waals surface area contributed by atoms with Crippen LogP contribution in [0.3, 0.4) is 0 Å². The van der Waals surface area contributed by atoms with Crippen molar-refractivity contribution < 1.29 is 17.7 Å². The molecule has 0 saturated heterocycles. The van der Waals surface area contributed by atoms with Gasteiger partial charge in [-0.2, -0.15) is 8.42 Å². The van der Waals surface area contributed by atoms with E-state index >= 15 is 0 Å². The second kappa shape index (κ2) is 8.89. The zero-order valence-corrected chi connectivity index (χ0v) is 13.4. The zero-order valence-electron chi connectivity index (χ0n) is 12.5.